The van der Waals surface area contributed by atoms with E-state index in [0.29, 0.717) is 6.61 Å². The molecule has 0 fully saturated rings. The van der Waals surface area contributed by atoms with Crippen molar-refractivity contribution in [3.63, 3.8) is 0 Å². The average molecular weight is 166 g/mol. The summed E-state index contributed by atoms with van der Waals surface area (Å²) in [6.07, 6.45) is 3.99. The van der Waals surface area contributed by atoms with E-state index in [1.807, 2.05) is 0 Å². The molecule has 0 aromatic carbocycles. The van der Waals surface area contributed by atoms with Crippen molar-refractivity contribution in [3.8, 4) is 0 Å². The summed E-state index contributed by atoms with van der Waals surface area (Å²) in [5.41, 5.74) is 0. The zero-order chi connectivity index (χ0) is 8.04. The molecule has 0 aromatic heterocycles. The molecule has 0 atom stereocenters. The van der Waals surface area contributed by atoms with Crippen LogP contribution in [0, 0.1) is 0 Å². The van der Waals surface area contributed by atoms with Crippen LogP contribution in [0.2, 0.25) is 0 Å². The summed E-state index contributed by atoms with van der Waals surface area (Å²) in [5, 5.41) is 0. The normalized spacial score (nSPS) is 11.8. The second kappa shape index (κ2) is 4.68. The molecule has 0 rings (SSSR count). The van der Waals surface area contributed by atoms with Gasteiger partial charge >= 0.3 is 0 Å². The Morgan fingerprint density at radius 1 is 1.30 bits per heavy atom. The van der Waals surface area contributed by atoms with Gasteiger partial charge in [0.2, 0.25) is 0 Å². The second-order valence-corrected chi connectivity index (χ2v) is 3.88. The quantitative estimate of drug-likeness (QED) is 0.454. The van der Waals surface area contributed by atoms with Crippen molar-refractivity contribution >= 4 is 10.1 Å². The highest BCUT2D eigenvalue weighted by Crippen LogP contribution is 1.96. The fourth-order valence-corrected chi connectivity index (χ4v) is 0.983. The van der Waals surface area contributed by atoms with Crippen LogP contribution < -0.4 is 0 Å². The van der Waals surface area contributed by atoms with E-state index >= 15 is 0 Å². The summed E-state index contributed by atoms with van der Waals surface area (Å²) in [4.78, 5) is 0. The highest BCUT2D eigenvalue weighted by molar-refractivity contribution is 7.85. The van der Waals surface area contributed by atoms with Gasteiger partial charge in [-0.1, -0.05) is 19.8 Å². The minimum Gasteiger partial charge on any atom is -0.270 e. The topological polar surface area (TPSA) is 43.4 Å². The molecule has 0 N–H and O–H groups in total. The van der Waals surface area contributed by atoms with E-state index in [1.54, 1.807) is 0 Å². The molecule has 0 amide bonds. The van der Waals surface area contributed by atoms with Crippen LogP contribution >= 0.6 is 0 Å². The van der Waals surface area contributed by atoms with Gasteiger partial charge in [0.25, 0.3) is 10.1 Å². The minimum atomic E-state index is -3.20. The van der Waals surface area contributed by atoms with Gasteiger partial charge < -0.3 is 0 Å². The molecule has 0 spiro atoms. The van der Waals surface area contributed by atoms with Gasteiger partial charge in [0.1, 0.15) is 0 Å². The molecule has 0 bridgehead atoms. The van der Waals surface area contributed by atoms with Crippen LogP contribution in [0.5, 0.6) is 0 Å². The first kappa shape index (κ1) is 9.91. The van der Waals surface area contributed by atoms with Gasteiger partial charge in [0, 0.05) is 0 Å². The van der Waals surface area contributed by atoms with Gasteiger partial charge in [-0.25, -0.2) is 0 Å². The molecule has 0 heterocycles. The molecule has 0 aliphatic heterocycles. The van der Waals surface area contributed by atoms with Crippen LogP contribution in [0.1, 0.15) is 26.2 Å². The molecule has 0 saturated heterocycles. The van der Waals surface area contributed by atoms with Crippen LogP contribution in [-0.4, -0.2) is 21.3 Å². The lowest BCUT2D eigenvalue weighted by molar-refractivity contribution is 0.311. The summed E-state index contributed by atoms with van der Waals surface area (Å²) in [7, 11) is -3.20. The van der Waals surface area contributed by atoms with Gasteiger partial charge in [-0.3, -0.25) is 4.18 Å². The van der Waals surface area contributed by atoms with Gasteiger partial charge in [0.05, 0.1) is 12.9 Å². The number of unbranched alkanes of at least 4 members (excludes halogenated alkanes) is 2. The van der Waals surface area contributed by atoms with E-state index in [1.165, 1.54) is 0 Å². The monoisotopic (exact) mass is 166 g/mol. The van der Waals surface area contributed by atoms with E-state index in [9.17, 15) is 8.42 Å². The highest BCUT2D eigenvalue weighted by Gasteiger charge is 1.98. The van der Waals surface area contributed by atoms with E-state index < -0.39 is 10.1 Å². The fraction of sp³-hybridized carbons (Fsp3) is 1.00. The zero-order valence-electron chi connectivity index (χ0n) is 6.46. The largest absolute Gasteiger partial charge is 0.270 e. The third-order valence-electron chi connectivity index (χ3n) is 1.05. The maximum atomic E-state index is 10.4. The third kappa shape index (κ3) is 7.91. The van der Waals surface area contributed by atoms with Crippen molar-refractivity contribution in [1.82, 2.24) is 0 Å². The molecule has 3 nitrogen and oxygen atoms in total. The first-order valence-electron chi connectivity index (χ1n) is 3.40. The summed E-state index contributed by atoms with van der Waals surface area (Å²) < 4.78 is 25.2. The van der Waals surface area contributed by atoms with Crippen LogP contribution in [0.15, 0.2) is 0 Å². The first-order valence-corrected chi connectivity index (χ1v) is 5.22. The Kier molecular flexibility index (Phi) is 4.64. The Balaban J connectivity index is 3.21. The molecule has 4 heteroatoms. The lowest BCUT2D eigenvalue weighted by atomic mass is 10.3. The average Bonchev–Trinajstić information content (AvgIpc) is 1.78. The van der Waals surface area contributed by atoms with Crippen molar-refractivity contribution in [3.05, 3.63) is 0 Å². The molecule has 62 valence electrons. The summed E-state index contributed by atoms with van der Waals surface area (Å²) in [6, 6.07) is 0. The molecular formula is C6H14O3S. The fourth-order valence-electron chi connectivity index (χ4n) is 0.562. The number of hydrogen-bond donors (Lipinski definition) is 0. The molecular weight excluding hydrogens is 152 g/mol. The predicted octanol–water partition coefficient (Wildman–Crippen LogP) is 1.15. The molecule has 0 saturated carbocycles. The number of rotatable bonds is 5. The zero-order valence-corrected chi connectivity index (χ0v) is 7.28. The highest BCUT2D eigenvalue weighted by atomic mass is 32.2. The standard InChI is InChI=1S/C6H14O3S/c1-3-4-5-6-9-10(2,7)8/h3-6H2,1-2H3. The lowest BCUT2D eigenvalue weighted by Gasteiger charge is -1.98. The molecule has 0 unspecified atom stereocenters. The Labute approximate surface area is 62.5 Å². The van der Waals surface area contributed by atoms with Gasteiger partial charge in [0.15, 0.2) is 0 Å². The second-order valence-electron chi connectivity index (χ2n) is 2.23. The van der Waals surface area contributed by atoms with E-state index in [0.717, 1.165) is 25.5 Å². The smallest absolute Gasteiger partial charge is 0.264 e. The van der Waals surface area contributed by atoms with Crippen LogP contribution in [0.4, 0.5) is 0 Å². The van der Waals surface area contributed by atoms with Crippen LogP contribution in [-0.2, 0) is 14.3 Å². The maximum absolute atomic E-state index is 10.4. The van der Waals surface area contributed by atoms with Crippen molar-refractivity contribution in [2.45, 2.75) is 26.2 Å². The summed E-state index contributed by atoms with van der Waals surface area (Å²) >= 11 is 0. The Morgan fingerprint density at radius 2 is 1.90 bits per heavy atom. The Hall–Kier alpha value is -0.0900. The van der Waals surface area contributed by atoms with Crippen LogP contribution in [0.3, 0.4) is 0 Å². The first-order chi connectivity index (χ1) is 4.56. The molecule has 10 heavy (non-hydrogen) atoms. The predicted molar refractivity (Wildman–Crippen MR) is 40.3 cm³/mol. The maximum Gasteiger partial charge on any atom is 0.264 e. The number of hydrogen-bond acceptors (Lipinski definition) is 3. The lowest BCUT2D eigenvalue weighted by Crippen LogP contribution is -2.03. The molecule has 0 aliphatic carbocycles. The Morgan fingerprint density at radius 3 is 2.30 bits per heavy atom. The summed E-state index contributed by atoms with van der Waals surface area (Å²) in [5.74, 6) is 0. The minimum absolute atomic E-state index is 0.326. The molecule has 0 aromatic rings. The van der Waals surface area contributed by atoms with Gasteiger partial charge in [-0.15, -0.1) is 0 Å². The van der Waals surface area contributed by atoms with Crippen molar-refractivity contribution in [2.75, 3.05) is 12.9 Å². The molecule has 0 aliphatic rings. The van der Waals surface area contributed by atoms with E-state index in [2.05, 4.69) is 11.1 Å². The summed E-state index contributed by atoms with van der Waals surface area (Å²) in [6.45, 7) is 2.38. The van der Waals surface area contributed by atoms with E-state index in [4.69, 9.17) is 0 Å². The SMILES string of the molecule is CCCCCOS(C)(=O)=O. The van der Waals surface area contributed by atoms with Crippen molar-refractivity contribution in [2.24, 2.45) is 0 Å². The van der Waals surface area contributed by atoms with Gasteiger partial charge in [-0.05, 0) is 6.42 Å². The van der Waals surface area contributed by atoms with Crippen molar-refractivity contribution in [1.29, 1.82) is 0 Å². The van der Waals surface area contributed by atoms with Crippen LogP contribution in [0.25, 0.3) is 0 Å². The Bertz CT molecular complexity index is 160. The van der Waals surface area contributed by atoms with Crippen molar-refractivity contribution < 1.29 is 12.6 Å². The van der Waals surface area contributed by atoms with Gasteiger partial charge in [-0.2, -0.15) is 8.42 Å². The van der Waals surface area contributed by atoms with E-state index in [-0.39, 0.29) is 0 Å². The molecule has 0 radical (unpaired) electrons. The third-order valence-corrected chi connectivity index (χ3v) is 1.64.